The number of hydrogen-bond acceptors (Lipinski definition) is 3. The van der Waals surface area contributed by atoms with Crippen LogP contribution in [-0.2, 0) is 18.3 Å². The van der Waals surface area contributed by atoms with Crippen molar-refractivity contribution >= 4 is 0 Å². The first-order valence-electron chi connectivity index (χ1n) is 8.45. The molecule has 0 spiro atoms. The van der Waals surface area contributed by atoms with Crippen molar-refractivity contribution in [1.29, 1.82) is 0 Å². The number of nitrogens with two attached hydrogens (primary N) is 1. The van der Waals surface area contributed by atoms with E-state index < -0.39 is 0 Å². The van der Waals surface area contributed by atoms with Gasteiger partial charge >= 0.3 is 0 Å². The van der Waals surface area contributed by atoms with Crippen molar-refractivity contribution in [2.24, 2.45) is 23.5 Å². The fourth-order valence-corrected chi connectivity index (χ4v) is 6.00. The summed E-state index contributed by atoms with van der Waals surface area (Å²) in [5.74, 6) is 5.10. The number of hydrogen-bond donors (Lipinski definition) is 1. The fourth-order valence-electron chi connectivity index (χ4n) is 6.00. The van der Waals surface area contributed by atoms with E-state index in [4.69, 9.17) is 15.1 Å². The second-order valence-electron chi connectivity index (χ2n) is 8.09. The second-order valence-corrected chi connectivity index (χ2v) is 8.09. The molecule has 0 aromatic carbocycles. The third-order valence-electron chi connectivity index (χ3n) is 6.47. The lowest BCUT2D eigenvalue weighted by atomic mass is 9.49. The Hall–Kier alpha value is -0.830. The van der Waals surface area contributed by atoms with E-state index >= 15 is 0 Å². The predicted octanol–water partition coefficient (Wildman–Crippen LogP) is 2.96. The minimum Gasteiger partial charge on any atom is -0.445 e. The minimum absolute atomic E-state index is 0.289. The summed E-state index contributed by atoms with van der Waals surface area (Å²) in [5.41, 5.74) is 7.56. The first-order valence-corrected chi connectivity index (χ1v) is 8.45. The summed E-state index contributed by atoms with van der Waals surface area (Å²) in [7, 11) is 0. The topological polar surface area (TPSA) is 52.0 Å². The molecule has 3 heteroatoms. The lowest BCUT2D eigenvalue weighted by Gasteiger charge is -2.55. The Balaban J connectivity index is 1.53. The van der Waals surface area contributed by atoms with E-state index in [1.807, 2.05) is 0 Å². The first-order chi connectivity index (χ1) is 9.70. The van der Waals surface area contributed by atoms with Crippen molar-refractivity contribution in [3.8, 4) is 0 Å². The average molecular weight is 272 g/mol. The highest BCUT2D eigenvalue weighted by Gasteiger charge is 2.54. The van der Waals surface area contributed by atoms with Crippen LogP contribution in [0.25, 0.3) is 0 Å². The van der Waals surface area contributed by atoms with Gasteiger partial charge in [0.2, 0.25) is 5.89 Å². The smallest absolute Gasteiger partial charge is 0.200 e. The summed E-state index contributed by atoms with van der Waals surface area (Å²) in [6.07, 6.45) is 11.4. The largest absolute Gasteiger partial charge is 0.445 e. The Bertz CT molecular complexity index is 512. The maximum atomic E-state index is 6.27. The SMILES string of the molecule is NC1CCc2oc(C34CC5CC(CC(C5)C3)C4)nc2C1. The highest BCUT2D eigenvalue weighted by atomic mass is 16.4. The molecule has 5 aliphatic carbocycles. The van der Waals surface area contributed by atoms with E-state index in [0.717, 1.165) is 48.7 Å². The monoisotopic (exact) mass is 272 g/mol. The number of aryl methyl sites for hydroxylation is 1. The van der Waals surface area contributed by atoms with Gasteiger partial charge in [-0.05, 0) is 62.7 Å². The number of nitrogens with zero attached hydrogens (tertiary/aromatic N) is 1. The molecule has 1 aromatic rings. The van der Waals surface area contributed by atoms with Gasteiger partial charge in [0.05, 0.1) is 5.69 Å². The number of oxazole rings is 1. The molecule has 108 valence electrons. The molecule has 6 rings (SSSR count). The van der Waals surface area contributed by atoms with Gasteiger partial charge in [-0.3, -0.25) is 0 Å². The van der Waals surface area contributed by atoms with Crippen molar-refractivity contribution in [3.05, 3.63) is 17.3 Å². The molecule has 4 fully saturated rings. The third-order valence-corrected chi connectivity index (χ3v) is 6.47. The van der Waals surface area contributed by atoms with E-state index in [0.29, 0.717) is 5.41 Å². The Morgan fingerprint density at radius 2 is 1.70 bits per heavy atom. The fraction of sp³-hybridized carbons (Fsp3) is 0.824. The van der Waals surface area contributed by atoms with Gasteiger partial charge in [0, 0.05) is 24.3 Å². The van der Waals surface area contributed by atoms with Crippen LogP contribution in [0.3, 0.4) is 0 Å². The number of rotatable bonds is 1. The summed E-state index contributed by atoms with van der Waals surface area (Å²) < 4.78 is 6.27. The lowest BCUT2D eigenvalue weighted by Crippen LogP contribution is -2.48. The van der Waals surface area contributed by atoms with Crippen LogP contribution in [-0.4, -0.2) is 11.0 Å². The summed E-state index contributed by atoms with van der Waals surface area (Å²) in [6, 6.07) is 0.289. The Morgan fingerprint density at radius 3 is 2.35 bits per heavy atom. The van der Waals surface area contributed by atoms with Gasteiger partial charge in [0.25, 0.3) is 0 Å². The van der Waals surface area contributed by atoms with Crippen molar-refractivity contribution in [1.82, 2.24) is 4.98 Å². The van der Waals surface area contributed by atoms with Crippen molar-refractivity contribution in [2.45, 2.75) is 69.2 Å². The van der Waals surface area contributed by atoms with Crippen LogP contribution < -0.4 is 5.73 Å². The summed E-state index contributed by atoms with van der Waals surface area (Å²) >= 11 is 0. The molecule has 2 N–H and O–H groups in total. The molecule has 0 amide bonds. The van der Waals surface area contributed by atoms with Crippen LogP contribution in [0.1, 0.15) is 62.3 Å². The van der Waals surface area contributed by atoms with Gasteiger partial charge in [-0.1, -0.05) is 0 Å². The zero-order valence-corrected chi connectivity index (χ0v) is 12.1. The molecule has 3 nitrogen and oxygen atoms in total. The Morgan fingerprint density at radius 1 is 1.05 bits per heavy atom. The molecule has 4 saturated carbocycles. The maximum Gasteiger partial charge on any atom is 0.200 e. The molecule has 0 radical (unpaired) electrons. The zero-order chi connectivity index (χ0) is 13.3. The minimum atomic E-state index is 0.289. The Labute approximate surface area is 120 Å². The van der Waals surface area contributed by atoms with E-state index in [9.17, 15) is 0 Å². The standard InChI is InChI=1S/C17H24N2O/c18-13-1-2-15-14(6-13)19-16(20-15)17-7-10-3-11(8-17)5-12(4-10)9-17/h10-13H,1-9,18H2. The molecule has 5 aliphatic rings. The van der Waals surface area contributed by atoms with E-state index in [1.165, 1.54) is 44.2 Å². The van der Waals surface area contributed by atoms with Crippen LogP contribution in [0, 0.1) is 17.8 Å². The summed E-state index contributed by atoms with van der Waals surface area (Å²) in [4.78, 5) is 4.94. The predicted molar refractivity (Wildman–Crippen MR) is 76.4 cm³/mol. The van der Waals surface area contributed by atoms with Gasteiger partial charge in [-0.15, -0.1) is 0 Å². The second kappa shape index (κ2) is 3.88. The van der Waals surface area contributed by atoms with E-state index in [2.05, 4.69) is 0 Å². The number of fused-ring (bicyclic) bond motifs is 1. The number of aromatic nitrogens is 1. The van der Waals surface area contributed by atoms with Crippen molar-refractivity contribution in [2.75, 3.05) is 0 Å². The molecular weight excluding hydrogens is 248 g/mol. The van der Waals surface area contributed by atoms with Gasteiger partial charge in [0.15, 0.2) is 0 Å². The molecule has 0 aliphatic heterocycles. The summed E-state index contributed by atoms with van der Waals surface area (Å²) in [5, 5.41) is 0. The molecular formula is C17H24N2O. The molecule has 1 heterocycles. The highest BCUT2D eigenvalue weighted by molar-refractivity contribution is 5.22. The van der Waals surface area contributed by atoms with Crippen LogP contribution in [0.2, 0.25) is 0 Å². The van der Waals surface area contributed by atoms with Crippen molar-refractivity contribution < 1.29 is 4.42 Å². The van der Waals surface area contributed by atoms with Crippen LogP contribution in [0.4, 0.5) is 0 Å². The van der Waals surface area contributed by atoms with Gasteiger partial charge in [-0.25, -0.2) is 4.98 Å². The van der Waals surface area contributed by atoms with Crippen LogP contribution >= 0.6 is 0 Å². The maximum absolute atomic E-state index is 6.27. The molecule has 1 aromatic heterocycles. The molecule has 20 heavy (non-hydrogen) atoms. The molecule has 4 bridgehead atoms. The third kappa shape index (κ3) is 1.59. The van der Waals surface area contributed by atoms with Gasteiger partial charge in [0.1, 0.15) is 5.76 Å². The molecule has 0 saturated heterocycles. The van der Waals surface area contributed by atoms with Crippen LogP contribution in [0.15, 0.2) is 4.42 Å². The zero-order valence-electron chi connectivity index (χ0n) is 12.1. The Kier molecular flexibility index (Phi) is 2.29. The normalized spacial score (nSPS) is 45.6. The molecule has 1 unspecified atom stereocenters. The van der Waals surface area contributed by atoms with Crippen molar-refractivity contribution in [3.63, 3.8) is 0 Å². The average Bonchev–Trinajstić information content (AvgIpc) is 2.80. The highest BCUT2D eigenvalue weighted by Crippen LogP contribution is 2.60. The van der Waals surface area contributed by atoms with Gasteiger partial charge in [-0.2, -0.15) is 0 Å². The molecule has 1 atom stereocenters. The van der Waals surface area contributed by atoms with Crippen LogP contribution in [0.5, 0.6) is 0 Å². The van der Waals surface area contributed by atoms with Gasteiger partial charge < -0.3 is 10.2 Å². The van der Waals surface area contributed by atoms with E-state index in [1.54, 1.807) is 0 Å². The summed E-state index contributed by atoms with van der Waals surface area (Å²) in [6.45, 7) is 0. The first kappa shape index (κ1) is 11.8. The lowest BCUT2D eigenvalue weighted by molar-refractivity contribution is -0.0181. The van der Waals surface area contributed by atoms with E-state index in [-0.39, 0.29) is 6.04 Å². The quantitative estimate of drug-likeness (QED) is 0.855.